The number of benzene rings is 3. The molecule has 34 heavy (non-hydrogen) atoms. The summed E-state index contributed by atoms with van der Waals surface area (Å²) in [6, 6.07) is 16.8. The number of carbonyl (C=O) groups is 2. The molecule has 0 aromatic heterocycles. The Kier molecular flexibility index (Phi) is 8.19. The van der Waals surface area contributed by atoms with Crippen LogP contribution in [0.4, 0.5) is 11.4 Å². The molecule has 0 aliphatic heterocycles. The number of carbonyl (C=O) groups excluding carboxylic acids is 2. The van der Waals surface area contributed by atoms with E-state index in [-0.39, 0.29) is 27.8 Å². The van der Waals surface area contributed by atoms with Crippen LogP contribution in [0.25, 0.3) is 0 Å². The van der Waals surface area contributed by atoms with Crippen LogP contribution in [0.5, 0.6) is 0 Å². The van der Waals surface area contributed by atoms with Crippen molar-refractivity contribution in [2.24, 2.45) is 0 Å². The van der Waals surface area contributed by atoms with Crippen LogP contribution in [0.1, 0.15) is 22.8 Å². The van der Waals surface area contributed by atoms with Crippen LogP contribution in [0, 0.1) is 6.92 Å². The van der Waals surface area contributed by atoms with Crippen LogP contribution >= 0.6 is 23.2 Å². The predicted molar refractivity (Wildman–Crippen MR) is 133 cm³/mol. The number of halogens is 2. The molecule has 178 valence electrons. The first-order valence-corrected chi connectivity index (χ1v) is 12.4. The third kappa shape index (κ3) is 5.88. The summed E-state index contributed by atoms with van der Waals surface area (Å²) in [5.41, 5.74) is 1.35. The lowest BCUT2D eigenvalue weighted by Gasteiger charge is -2.26. The molecule has 0 atom stereocenters. The summed E-state index contributed by atoms with van der Waals surface area (Å²) in [4.78, 5) is 24.9. The summed E-state index contributed by atoms with van der Waals surface area (Å²) in [5, 5.41) is 3.16. The second kappa shape index (κ2) is 10.9. The minimum Gasteiger partial charge on any atom is -0.462 e. The number of sulfonamides is 1. The number of hydrogen-bond acceptors (Lipinski definition) is 5. The third-order valence-electron chi connectivity index (χ3n) is 4.80. The van der Waals surface area contributed by atoms with Crippen LogP contribution in [0.15, 0.2) is 71.6 Å². The number of esters is 1. The number of aryl methyl sites for hydroxylation is 1. The normalized spacial score (nSPS) is 11.1. The van der Waals surface area contributed by atoms with Gasteiger partial charge in [-0.05, 0) is 67.9 Å². The largest absolute Gasteiger partial charge is 0.462 e. The van der Waals surface area contributed by atoms with Gasteiger partial charge < -0.3 is 10.1 Å². The SMILES string of the molecule is CCOC(=O)c1ccc(NC(=O)CN(c2ccc(Cl)cc2C)S(=O)(=O)c2ccccc2)c(Cl)c1. The van der Waals surface area contributed by atoms with E-state index < -0.39 is 28.4 Å². The van der Waals surface area contributed by atoms with Gasteiger partial charge in [-0.15, -0.1) is 0 Å². The molecular formula is C24H22Cl2N2O5S. The van der Waals surface area contributed by atoms with E-state index in [0.29, 0.717) is 16.3 Å². The lowest BCUT2D eigenvalue weighted by Crippen LogP contribution is -2.38. The molecule has 0 saturated heterocycles. The van der Waals surface area contributed by atoms with Gasteiger partial charge in [0.2, 0.25) is 5.91 Å². The van der Waals surface area contributed by atoms with Gasteiger partial charge in [0.1, 0.15) is 6.54 Å². The molecule has 0 heterocycles. The van der Waals surface area contributed by atoms with Crippen LogP contribution in [0.2, 0.25) is 10.0 Å². The topological polar surface area (TPSA) is 92.8 Å². The molecule has 0 bridgehead atoms. The molecule has 0 aliphatic carbocycles. The smallest absolute Gasteiger partial charge is 0.338 e. The monoisotopic (exact) mass is 520 g/mol. The number of nitrogens with one attached hydrogen (secondary N) is 1. The maximum Gasteiger partial charge on any atom is 0.338 e. The summed E-state index contributed by atoms with van der Waals surface area (Å²) < 4.78 is 32.8. The van der Waals surface area contributed by atoms with Crippen LogP contribution in [-0.2, 0) is 19.6 Å². The average Bonchev–Trinajstić information content (AvgIpc) is 2.80. The van der Waals surface area contributed by atoms with Crippen LogP contribution in [-0.4, -0.2) is 33.4 Å². The van der Waals surface area contributed by atoms with Crippen molar-refractivity contribution in [3.8, 4) is 0 Å². The summed E-state index contributed by atoms with van der Waals surface area (Å²) in [7, 11) is -4.08. The summed E-state index contributed by atoms with van der Waals surface area (Å²) in [6.45, 7) is 3.09. The summed E-state index contributed by atoms with van der Waals surface area (Å²) in [6.07, 6.45) is 0. The lowest BCUT2D eigenvalue weighted by atomic mass is 10.2. The molecule has 3 aromatic rings. The molecule has 7 nitrogen and oxygen atoms in total. The Bertz CT molecular complexity index is 1310. The van der Waals surface area contributed by atoms with Gasteiger partial charge in [0.05, 0.1) is 33.5 Å². The van der Waals surface area contributed by atoms with Gasteiger partial charge in [0, 0.05) is 5.02 Å². The number of ether oxygens (including phenoxy) is 1. The molecule has 0 unspecified atom stereocenters. The Hall–Kier alpha value is -3.07. The van der Waals surface area contributed by atoms with Gasteiger partial charge in [-0.2, -0.15) is 0 Å². The highest BCUT2D eigenvalue weighted by Crippen LogP contribution is 2.29. The molecule has 0 saturated carbocycles. The Balaban J connectivity index is 1.91. The third-order valence-corrected chi connectivity index (χ3v) is 7.12. The van der Waals surface area contributed by atoms with E-state index in [0.717, 1.165) is 4.31 Å². The van der Waals surface area contributed by atoms with E-state index in [9.17, 15) is 18.0 Å². The predicted octanol–water partition coefficient (Wildman–Crippen LogP) is 5.31. The van der Waals surface area contributed by atoms with Crippen molar-refractivity contribution in [2.45, 2.75) is 18.7 Å². The minimum atomic E-state index is -4.08. The maximum absolute atomic E-state index is 13.4. The summed E-state index contributed by atoms with van der Waals surface area (Å²) >= 11 is 12.3. The van der Waals surface area contributed by atoms with E-state index in [4.69, 9.17) is 27.9 Å². The Labute approximate surface area is 208 Å². The lowest BCUT2D eigenvalue weighted by molar-refractivity contribution is -0.114. The van der Waals surface area contributed by atoms with E-state index in [1.54, 1.807) is 50.2 Å². The molecular weight excluding hydrogens is 499 g/mol. The quantitative estimate of drug-likeness (QED) is 0.406. The highest BCUT2D eigenvalue weighted by Gasteiger charge is 2.28. The zero-order valence-corrected chi connectivity index (χ0v) is 20.7. The molecule has 3 aromatic carbocycles. The van der Waals surface area contributed by atoms with Gasteiger partial charge in [-0.25, -0.2) is 13.2 Å². The van der Waals surface area contributed by atoms with Crippen molar-refractivity contribution in [1.82, 2.24) is 0 Å². The fourth-order valence-electron chi connectivity index (χ4n) is 3.20. The molecule has 0 fully saturated rings. The van der Waals surface area contributed by atoms with Gasteiger partial charge in [-0.1, -0.05) is 41.4 Å². The maximum atomic E-state index is 13.4. The van der Waals surface area contributed by atoms with Crippen molar-refractivity contribution in [3.63, 3.8) is 0 Å². The Morgan fingerprint density at radius 3 is 2.32 bits per heavy atom. The van der Waals surface area contributed by atoms with Gasteiger partial charge in [-0.3, -0.25) is 9.10 Å². The molecule has 1 amide bonds. The number of nitrogens with zero attached hydrogens (tertiary/aromatic N) is 1. The fraction of sp³-hybridized carbons (Fsp3) is 0.167. The highest BCUT2D eigenvalue weighted by atomic mass is 35.5. The Morgan fingerprint density at radius 2 is 1.71 bits per heavy atom. The molecule has 3 rings (SSSR count). The standard InChI is InChI=1S/C24H22Cl2N2O5S/c1-3-33-24(30)17-9-11-21(20(26)14-17)27-23(29)15-28(22-12-10-18(25)13-16(22)2)34(31,32)19-7-5-4-6-8-19/h4-14H,3,15H2,1-2H3,(H,27,29). The Morgan fingerprint density at radius 1 is 1.00 bits per heavy atom. The zero-order valence-electron chi connectivity index (χ0n) is 18.4. The second-order valence-corrected chi connectivity index (χ2v) is 9.92. The van der Waals surface area contributed by atoms with Gasteiger partial charge in [0.15, 0.2) is 0 Å². The first-order valence-electron chi connectivity index (χ1n) is 10.2. The van der Waals surface area contributed by atoms with E-state index in [1.807, 2.05) is 0 Å². The molecule has 0 radical (unpaired) electrons. The number of rotatable bonds is 8. The second-order valence-electron chi connectivity index (χ2n) is 7.22. The minimum absolute atomic E-state index is 0.0361. The number of amides is 1. The van der Waals surface area contributed by atoms with Crippen molar-refractivity contribution in [3.05, 3.63) is 87.9 Å². The van der Waals surface area contributed by atoms with Crippen LogP contribution in [0.3, 0.4) is 0 Å². The fourth-order valence-corrected chi connectivity index (χ4v) is 5.16. The highest BCUT2D eigenvalue weighted by molar-refractivity contribution is 7.92. The zero-order chi connectivity index (χ0) is 24.9. The van der Waals surface area contributed by atoms with Gasteiger partial charge in [0.25, 0.3) is 10.0 Å². The molecule has 0 aliphatic rings. The first-order chi connectivity index (χ1) is 16.1. The molecule has 10 heteroatoms. The van der Waals surface area contributed by atoms with Crippen LogP contribution < -0.4 is 9.62 Å². The summed E-state index contributed by atoms with van der Waals surface area (Å²) in [5.74, 6) is -1.17. The molecule has 1 N–H and O–H groups in total. The van der Waals surface area contributed by atoms with Crippen molar-refractivity contribution >= 4 is 56.5 Å². The van der Waals surface area contributed by atoms with Crippen molar-refractivity contribution in [2.75, 3.05) is 22.8 Å². The van der Waals surface area contributed by atoms with Crippen molar-refractivity contribution < 1.29 is 22.7 Å². The first kappa shape index (κ1) is 25.6. The number of hydrogen-bond donors (Lipinski definition) is 1. The van der Waals surface area contributed by atoms with E-state index in [1.165, 1.54) is 30.3 Å². The number of anilines is 2. The van der Waals surface area contributed by atoms with E-state index in [2.05, 4.69) is 5.32 Å². The van der Waals surface area contributed by atoms with Crippen molar-refractivity contribution in [1.29, 1.82) is 0 Å². The average molecular weight is 521 g/mol. The molecule has 0 spiro atoms. The van der Waals surface area contributed by atoms with Gasteiger partial charge >= 0.3 is 5.97 Å². The van der Waals surface area contributed by atoms with E-state index >= 15 is 0 Å².